The Kier molecular flexibility index (Phi) is 4.31. The van der Waals surface area contributed by atoms with Crippen LogP contribution in [0.25, 0.3) is 0 Å². The lowest BCUT2D eigenvalue weighted by molar-refractivity contribution is 0.158. The smallest absolute Gasteiger partial charge is 0.276 e. The van der Waals surface area contributed by atoms with Gasteiger partial charge in [0.2, 0.25) is 0 Å². The number of piperidine rings is 1. The summed E-state index contributed by atoms with van der Waals surface area (Å²) in [6.45, 7) is 1.85. The predicted molar refractivity (Wildman–Crippen MR) is 53.9 cm³/mol. The second-order valence-electron chi connectivity index (χ2n) is 3.67. The molecule has 0 radical (unpaired) electrons. The van der Waals surface area contributed by atoms with E-state index in [4.69, 9.17) is 9.88 Å². The Morgan fingerprint density at radius 2 is 2.00 bits per heavy atom. The van der Waals surface area contributed by atoms with E-state index in [1.165, 1.54) is 4.31 Å². The summed E-state index contributed by atoms with van der Waals surface area (Å²) in [6.07, 6.45) is 2.79. The summed E-state index contributed by atoms with van der Waals surface area (Å²) in [5.74, 6) is 0.577. The number of rotatable bonds is 4. The maximum absolute atomic E-state index is 11.0. The molecule has 1 aliphatic heterocycles. The molecule has 0 aromatic carbocycles. The van der Waals surface area contributed by atoms with E-state index in [9.17, 15) is 8.42 Å². The van der Waals surface area contributed by atoms with Gasteiger partial charge in [0.25, 0.3) is 10.2 Å². The molecule has 1 saturated heterocycles. The third-order valence-electron chi connectivity index (χ3n) is 2.66. The van der Waals surface area contributed by atoms with Gasteiger partial charge in [0.1, 0.15) is 0 Å². The van der Waals surface area contributed by atoms with Crippen molar-refractivity contribution in [1.82, 2.24) is 4.31 Å². The Morgan fingerprint density at radius 3 is 2.43 bits per heavy atom. The first-order chi connectivity index (χ1) is 6.54. The van der Waals surface area contributed by atoms with Crippen LogP contribution in [-0.4, -0.2) is 39.5 Å². The summed E-state index contributed by atoms with van der Waals surface area (Å²) < 4.78 is 28.3. The molecule has 1 aliphatic rings. The molecule has 0 saturated carbocycles. The van der Waals surface area contributed by atoms with Crippen molar-refractivity contribution < 1.29 is 13.2 Å². The summed E-state index contributed by atoms with van der Waals surface area (Å²) in [6, 6.07) is 0. The lowest BCUT2D eigenvalue weighted by Crippen LogP contribution is -2.42. The van der Waals surface area contributed by atoms with E-state index >= 15 is 0 Å². The zero-order chi connectivity index (χ0) is 10.6. The Hall–Kier alpha value is -0.170. The molecule has 0 spiro atoms. The predicted octanol–water partition coefficient (Wildman–Crippen LogP) is -0.0616. The highest BCUT2D eigenvalue weighted by molar-refractivity contribution is 7.86. The lowest BCUT2D eigenvalue weighted by Gasteiger charge is -2.29. The summed E-state index contributed by atoms with van der Waals surface area (Å²) in [5.41, 5.74) is 0. The van der Waals surface area contributed by atoms with Crippen LogP contribution in [0.5, 0.6) is 0 Å². The number of ether oxygens (including phenoxy) is 1. The molecule has 14 heavy (non-hydrogen) atoms. The highest BCUT2D eigenvalue weighted by atomic mass is 32.2. The lowest BCUT2D eigenvalue weighted by atomic mass is 9.95. The Labute approximate surface area is 85.4 Å². The molecule has 1 rings (SSSR count). The molecule has 0 amide bonds. The molecular formula is C8H18N2O3S. The number of nitrogens with zero attached hydrogens (tertiary/aromatic N) is 1. The first kappa shape index (κ1) is 11.9. The second kappa shape index (κ2) is 5.06. The summed E-state index contributed by atoms with van der Waals surface area (Å²) >= 11 is 0. The average Bonchev–Trinajstić information content (AvgIpc) is 2.14. The molecule has 0 aromatic rings. The fourth-order valence-corrected chi connectivity index (χ4v) is 2.46. The molecule has 1 fully saturated rings. The van der Waals surface area contributed by atoms with Crippen molar-refractivity contribution in [3.8, 4) is 0 Å². The van der Waals surface area contributed by atoms with Crippen molar-refractivity contribution in [3.05, 3.63) is 0 Å². The van der Waals surface area contributed by atoms with Gasteiger partial charge < -0.3 is 4.74 Å². The van der Waals surface area contributed by atoms with Crippen molar-refractivity contribution in [2.24, 2.45) is 11.1 Å². The van der Waals surface area contributed by atoms with Gasteiger partial charge in [0, 0.05) is 26.8 Å². The molecule has 1 heterocycles. The van der Waals surface area contributed by atoms with Crippen molar-refractivity contribution >= 4 is 10.2 Å². The molecule has 0 atom stereocenters. The maximum Gasteiger partial charge on any atom is 0.276 e. The van der Waals surface area contributed by atoms with E-state index in [1.54, 1.807) is 7.11 Å². The molecule has 84 valence electrons. The van der Waals surface area contributed by atoms with Crippen LogP contribution in [0.3, 0.4) is 0 Å². The van der Waals surface area contributed by atoms with Gasteiger partial charge in [0.15, 0.2) is 0 Å². The molecule has 5 nitrogen and oxygen atoms in total. The first-order valence-corrected chi connectivity index (χ1v) is 6.31. The van der Waals surface area contributed by atoms with Gasteiger partial charge in [-0.1, -0.05) is 0 Å². The fourth-order valence-electron chi connectivity index (χ4n) is 1.74. The fraction of sp³-hybridized carbons (Fsp3) is 1.00. The number of hydrogen-bond donors (Lipinski definition) is 1. The first-order valence-electron chi connectivity index (χ1n) is 4.81. The van der Waals surface area contributed by atoms with Crippen molar-refractivity contribution in [2.45, 2.75) is 19.3 Å². The monoisotopic (exact) mass is 222 g/mol. The topological polar surface area (TPSA) is 72.6 Å². The molecule has 0 aliphatic carbocycles. The minimum atomic E-state index is -3.47. The number of methoxy groups -OCH3 is 1. The van der Waals surface area contributed by atoms with Crippen LogP contribution in [0.15, 0.2) is 0 Å². The van der Waals surface area contributed by atoms with Gasteiger partial charge in [-0.25, -0.2) is 5.14 Å². The summed E-state index contributed by atoms with van der Waals surface area (Å²) in [4.78, 5) is 0. The van der Waals surface area contributed by atoms with E-state index in [2.05, 4.69) is 0 Å². The van der Waals surface area contributed by atoms with E-state index in [-0.39, 0.29) is 0 Å². The van der Waals surface area contributed by atoms with Gasteiger partial charge in [-0.15, -0.1) is 0 Å². The maximum atomic E-state index is 11.0. The Morgan fingerprint density at radius 1 is 1.43 bits per heavy atom. The highest BCUT2D eigenvalue weighted by Crippen LogP contribution is 2.21. The Balaban J connectivity index is 2.31. The van der Waals surface area contributed by atoms with E-state index in [0.29, 0.717) is 19.0 Å². The molecule has 0 aromatic heterocycles. The van der Waals surface area contributed by atoms with Crippen molar-refractivity contribution in [1.29, 1.82) is 0 Å². The standard InChI is InChI=1S/C8H18N2O3S/c1-13-7-4-8-2-5-10(6-3-8)14(9,11)12/h8H,2-7H2,1H3,(H2,9,11,12). The van der Waals surface area contributed by atoms with Crippen LogP contribution >= 0.6 is 0 Å². The van der Waals surface area contributed by atoms with E-state index < -0.39 is 10.2 Å². The molecule has 2 N–H and O–H groups in total. The SMILES string of the molecule is COCCC1CCN(S(N)(=O)=O)CC1. The van der Waals surface area contributed by atoms with Crippen molar-refractivity contribution in [3.63, 3.8) is 0 Å². The van der Waals surface area contributed by atoms with Crippen LogP contribution in [-0.2, 0) is 14.9 Å². The largest absolute Gasteiger partial charge is 0.385 e. The van der Waals surface area contributed by atoms with Gasteiger partial charge >= 0.3 is 0 Å². The number of nitrogens with two attached hydrogens (primary N) is 1. The van der Waals surface area contributed by atoms with Gasteiger partial charge in [-0.2, -0.15) is 12.7 Å². The minimum absolute atomic E-state index is 0.549. The summed E-state index contributed by atoms with van der Waals surface area (Å²) in [7, 11) is -1.79. The second-order valence-corrected chi connectivity index (χ2v) is 5.22. The van der Waals surface area contributed by atoms with E-state index in [1.807, 2.05) is 0 Å². The minimum Gasteiger partial charge on any atom is -0.385 e. The van der Waals surface area contributed by atoms with E-state index in [0.717, 1.165) is 25.9 Å². The highest BCUT2D eigenvalue weighted by Gasteiger charge is 2.24. The van der Waals surface area contributed by atoms with Gasteiger partial charge in [-0.3, -0.25) is 0 Å². The zero-order valence-corrected chi connectivity index (χ0v) is 9.29. The normalized spacial score (nSPS) is 21.3. The van der Waals surface area contributed by atoms with Crippen molar-refractivity contribution in [2.75, 3.05) is 26.8 Å². The molecule has 0 bridgehead atoms. The van der Waals surface area contributed by atoms with Crippen LogP contribution in [0.2, 0.25) is 0 Å². The van der Waals surface area contributed by atoms with Gasteiger partial charge in [0.05, 0.1) is 0 Å². The quantitative estimate of drug-likeness (QED) is 0.724. The van der Waals surface area contributed by atoms with Crippen LogP contribution in [0.4, 0.5) is 0 Å². The van der Waals surface area contributed by atoms with Gasteiger partial charge in [-0.05, 0) is 25.2 Å². The third-order valence-corrected chi connectivity index (χ3v) is 3.75. The third kappa shape index (κ3) is 3.53. The molecule has 6 heteroatoms. The zero-order valence-electron chi connectivity index (χ0n) is 8.48. The van der Waals surface area contributed by atoms with Crippen LogP contribution in [0.1, 0.15) is 19.3 Å². The Bertz CT molecular complexity index is 258. The molecule has 0 unspecified atom stereocenters. The van der Waals surface area contributed by atoms with Crippen LogP contribution in [0, 0.1) is 5.92 Å². The van der Waals surface area contributed by atoms with Crippen LogP contribution < -0.4 is 5.14 Å². The number of hydrogen-bond acceptors (Lipinski definition) is 3. The summed E-state index contributed by atoms with van der Waals surface area (Å²) in [5, 5.41) is 5.03. The molecular weight excluding hydrogens is 204 g/mol. The average molecular weight is 222 g/mol.